The van der Waals surface area contributed by atoms with Crippen molar-refractivity contribution in [2.24, 2.45) is 0 Å². The van der Waals surface area contributed by atoms with Gasteiger partial charge in [0.25, 0.3) is 5.91 Å². The summed E-state index contributed by atoms with van der Waals surface area (Å²) in [7, 11) is 0. The van der Waals surface area contributed by atoms with Gasteiger partial charge in [0.05, 0.1) is 5.69 Å². The van der Waals surface area contributed by atoms with E-state index in [1.807, 2.05) is 35.2 Å². The van der Waals surface area contributed by atoms with Gasteiger partial charge >= 0.3 is 0 Å². The summed E-state index contributed by atoms with van der Waals surface area (Å²) in [5.74, 6) is -0.266. The number of piperazine rings is 1. The highest BCUT2D eigenvalue weighted by molar-refractivity contribution is 5.94. The molecular formula is C22H20FN3O3. The van der Waals surface area contributed by atoms with Gasteiger partial charge in [0.15, 0.2) is 17.2 Å². The Kier molecular flexibility index (Phi) is 5.12. The van der Waals surface area contributed by atoms with Gasteiger partial charge in [-0.1, -0.05) is 35.5 Å². The smallest absolute Gasteiger partial charge is 0.276 e. The second kappa shape index (κ2) is 7.87. The number of ketones is 1. The SMILES string of the molecule is CC(=O)c1ccc(N2CCN(C(=O)c3cc(-c4ccccc4)on3)CC2)c(F)c1. The number of carbonyl (C=O) groups is 2. The average molecular weight is 393 g/mol. The molecule has 2 heterocycles. The highest BCUT2D eigenvalue weighted by atomic mass is 19.1. The first-order chi connectivity index (χ1) is 14.0. The van der Waals surface area contributed by atoms with Gasteiger partial charge in [-0.25, -0.2) is 4.39 Å². The molecule has 1 amide bonds. The van der Waals surface area contributed by atoms with Crippen LogP contribution in [0.25, 0.3) is 11.3 Å². The van der Waals surface area contributed by atoms with Crippen LogP contribution in [0.15, 0.2) is 59.1 Å². The van der Waals surface area contributed by atoms with Crippen LogP contribution >= 0.6 is 0 Å². The van der Waals surface area contributed by atoms with Gasteiger partial charge < -0.3 is 14.3 Å². The molecule has 1 saturated heterocycles. The zero-order valence-corrected chi connectivity index (χ0v) is 16.0. The fourth-order valence-electron chi connectivity index (χ4n) is 3.41. The Morgan fingerprint density at radius 2 is 1.72 bits per heavy atom. The molecule has 4 rings (SSSR count). The van der Waals surface area contributed by atoms with E-state index in [0.717, 1.165) is 5.56 Å². The summed E-state index contributed by atoms with van der Waals surface area (Å²) >= 11 is 0. The van der Waals surface area contributed by atoms with E-state index < -0.39 is 5.82 Å². The number of Topliss-reactive ketones (excluding diaryl/α,β-unsaturated/α-hetero) is 1. The van der Waals surface area contributed by atoms with Crippen LogP contribution in [-0.2, 0) is 0 Å². The normalized spacial score (nSPS) is 14.1. The second-order valence-electron chi connectivity index (χ2n) is 6.94. The van der Waals surface area contributed by atoms with Gasteiger partial charge in [0.2, 0.25) is 0 Å². The number of anilines is 1. The second-order valence-corrected chi connectivity index (χ2v) is 6.94. The molecule has 6 nitrogen and oxygen atoms in total. The van der Waals surface area contributed by atoms with Crippen molar-refractivity contribution in [1.29, 1.82) is 0 Å². The Hall–Kier alpha value is -3.48. The van der Waals surface area contributed by atoms with E-state index >= 15 is 0 Å². The van der Waals surface area contributed by atoms with Crippen LogP contribution in [0.5, 0.6) is 0 Å². The Labute approximate surface area is 167 Å². The first kappa shape index (κ1) is 18.9. The highest BCUT2D eigenvalue weighted by Gasteiger charge is 2.26. The molecule has 0 bridgehead atoms. The number of hydrogen-bond acceptors (Lipinski definition) is 5. The van der Waals surface area contributed by atoms with E-state index in [0.29, 0.717) is 43.2 Å². The Bertz CT molecular complexity index is 1040. The fraction of sp³-hybridized carbons (Fsp3) is 0.227. The minimum absolute atomic E-state index is 0.173. The number of hydrogen-bond donors (Lipinski definition) is 0. The molecule has 1 aromatic heterocycles. The molecule has 29 heavy (non-hydrogen) atoms. The lowest BCUT2D eigenvalue weighted by Crippen LogP contribution is -2.49. The van der Waals surface area contributed by atoms with Crippen LogP contribution < -0.4 is 4.90 Å². The van der Waals surface area contributed by atoms with Crippen molar-refractivity contribution in [1.82, 2.24) is 10.1 Å². The van der Waals surface area contributed by atoms with E-state index in [2.05, 4.69) is 5.16 Å². The van der Waals surface area contributed by atoms with Crippen LogP contribution in [0.3, 0.4) is 0 Å². The largest absolute Gasteiger partial charge is 0.366 e. The number of benzene rings is 2. The van der Waals surface area contributed by atoms with Crippen molar-refractivity contribution < 1.29 is 18.5 Å². The van der Waals surface area contributed by atoms with Gasteiger partial charge in [0.1, 0.15) is 5.82 Å². The molecule has 0 N–H and O–H groups in total. The van der Waals surface area contributed by atoms with Gasteiger partial charge in [-0.2, -0.15) is 0 Å². The number of rotatable bonds is 4. The van der Waals surface area contributed by atoms with Crippen molar-refractivity contribution in [3.05, 3.63) is 71.7 Å². The molecule has 0 spiro atoms. The summed E-state index contributed by atoms with van der Waals surface area (Å²) in [5.41, 5.74) is 1.90. The summed E-state index contributed by atoms with van der Waals surface area (Å²) in [6, 6.07) is 15.6. The lowest BCUT2D eigenvalue weighted by atomic mass is 10.1. The van der Waals surface area contributed by atoms with E-state index in [1.165, 1.54) is 13.0 Å². The molecule has 1 aliphatic heterocycles. The topological polar surface area (TPSA) is 66.7 Å². The predicted molar refractivity (Wildman–Crippen MR) is 106 cm³/mol. The monoisotopic (exact) mass is 393 g/mol. The van der Waals surface area contributed by atoms with E-state index in [9.17, 15) is 14.0 Å². The molecule has 1 aliphatic rings. The number of amides is 1. The summed E-state index contributed by atoms with van der Waals surface area (Å²) in [4.78, 5) is 27.7. The standard InChI is InChI=1S/C22H20FN3O3/c1-15(27)17-7-8-20(18(23)13-17)25-9-11-26(12-10-25)22(28)19-14-21(29-24-19)16-5-3-2-4-6-16/h2-8,13-14H,9-12H2,1H3. The van der Waals surface area contributed by atoms with Crippen LogP contribution in [0.4, 0.5) is 10.1 Å². The Morgan fingerprint density at radius 3 is 2.38 bits per heavy atom. The number of nitrogens with zero attached hydrogens (tertiary/aromatic N) is 3. The molecule has 7 heteroatoms. The number of carbonyl (C=O) groups excluding carboxylic acids is 2. The van der Waals surface area contributed by atoms with Crippen molar-refractivity contribution >= 4 is 17.4 Å². The maximum Gasteiger partial charge on any atom is 0.276 e. The van der Waals surface area contributed by atoms with Crippen molar-refractivity contribution in [3.8, 4) is 11.3 Å². The Balaban J connectivity index is 1.42. The van der Waals surface area contributed by atoms with Crippen LogP contribution in [0.2, 0.25) is 0 Å². The first-order valence-electron chi connectivity index (χ1n) is 9.40. The number of halogens is 1. The van der Waals surface area contributed by atoms with Crippen molar-refractivity contribution in [2.45, 2.75) is 6.92 Å². The lowest BCUT2D eigenvalue weighted by Gasteiger charge is -2.35. The third kappa shape index (κ3) is 3.89. The maximum atomic E-state index is 14.4. The van der Waals surface area contributed by atoms with Crippen LogP contribution in [0.1, 0.15) is 27.8 Å². The molecule has 0 unspecified atom stereocenters. The molecule has 3 aromatic rings. The lowest BCUT2D eigenvalue weighted by molar-refractivity contribution is 0.0736. The van der Waals surface area contributed by atoms with Gasteiger partial charge in [-0.3, -0.25) is 9.59 Å². The molecular weight excluding hydrogens is 373 g/mol. The molecule has 0 saturated carbocycles. The zero-order valence-electron chi connectivity index (χ0n) is 16.0. The average Bonchev–Trinajstić information content (AvgIpc) is 3.24. The first-order valence-corrected chi connectivity index (χ1v) is 9.40. The zero-order chi connectivity index (χ0) is 20.4. The minimum atomic E-state index is -0.429. The summed E-state index contributed by atoms with van der Waals surface area (Å²) < 4.78 is 19.7. The number of aromatic nitrogens is 1. The van der Waals surface area contributed by atoms with Crippen molar-refractivity contribution in [3.63, 3.8) is 0 Å². The minimum Gasteiger partial charge on any atom is -0.366 e. The summed E-state index contributed by atoms with van der Waals surface area (Å²) in [6.07, 6.45) is 0. The highest BCUT2D eigenvalue weighted by Crippen LogP contribution is 2.24. The van der Waals surface area contributed by atoms with Crippen molar-refractivity contribution in [2.75, 3.05) is 31.1 Å². The fourth-order valence-corrected chi connectivity index (χ4v) is 3.41. The molecule has 2 aromatic carbocycles. The summed E-state index contributed by atoms with van der Waals surface area (Å²) in [6.45, 7) is 3.28. The molecule has 0 radical (unpaired) electrons. The van der Waals surface area contributed by atoms with Crippen LogP contribution in [0, 0.1) is 5.82 Å². The maximum absolute atomic E-state index is 14.4. The van der Waals surface area contributed by atoms with Gasteiger partial charge in [-0.05, 0) is 25.1 Å². The van der Waals surface area contributed by atoms with Crippen LogP contribution in [-0.4, -0.2) is 47.9 Å². The third-order valence-corrected chi connectivity index (χ3v) is 5.05. The molecule has 1 fully saturated rings. The quantitative estimate of drug-likeness (QED) is 0.633. The van der Waals surface area contributed by atoms with E-state index in [1.54, 1.807) is 23.1 Å². The molecule has 0 aliphatic carbocycles. The van der Waals surface area contributed by atoms with E-state index in [4.69, 9.17) is 4.52 Å². The Morgan fingerprint density at radius 1 is 1.00 bits per heavy atom. The predicted octanol–water partition coefficient (Wildman–Crippen LogP) is 3.65. The molecule has 148 valence electrons. The molecule has 0 atom stereocenters. The van der Waals surface area contributed by atoms with Gasteiger partial charge in [-0.15, -0.1) is 0 Å². The van der Waals surface area contributed by atoms with E-state index in [-0.39, 0.29) is 17.4 Å². The summed E-state index contributed by atoms with van der Waals surface area (Å²) in [5, 5.41) is 3.91. The van der Waals surface area contributed by atoms with Gasteiger partial charge in [0, 0.05) is 43.4 Å². The third-order valence-electron chi connectivity index (χ3n) is 5.05.